The number of aromatic amines is 1. The maximum absolute atomic E-state index is 13.6. The fourth-order valence-corrected chi connectivity index (χ4v) is 17.2. The average Bonchev–Trinajstić information content (AvgIpc) is 1.58. The Morgan fingerprint density at radius 2 is 1.17 bits per heavy atom. The van der Waals surface area contributed by atoms with Crippen molar-refractivity contribution in [3.05, 3.63) is 164 Å². The first-order valence-electron chi connectivity index (χ1n) is 45.1. The van der Waals surface area contributed by atoms with E-state index in [-0.39, 0.29) is 114 Å². The molecule has 2 aromatic heterocycles. The summed E-state index contributed by atoms with van der Waals surface area (Å²) in [6.07, 6.45) is 30.9. The van der Waals surface area contributed by atoms with Crippen molar-refractivity contribution in [2.45, 2.75) is 295 Å². The third-order valence-electron chi connectivity index (χ3n) is 23.6. The fraction of sp³-hybridized carbons (Fsp3) is 0.515. The molecule has 1 fully saturated rings. The molecule has 1 saturated heterocycles. The number of nitrogens with two attached hydrogens (primary N) is 2. The third-order valence-corrected chi connectivity index (χ3v) is 25.2. The Bertz CT molecular complexity index is 5370. The average molecular weight is 1790 g/mol. The SMILES string of the molecule is CCCCCCCCCCCCCC(=O)C[C@H](CC(N)=O)C(=O)N[C@@H](C)C(=O)CCC1CCCCN1C(=O)Oc1ccccc1-c1nc2ccccc2c(=O)[nH]1.CCCCCCCCCCCCCC(=O)C[C@H](CC(N)=O)C(=O)N[C@@H](C)C(=O)Cc1ccc(COc2ccc3cc(/C=C/C4=[N+](CCS(=O)(=O)O)c5ccc(S(=O)(=O)O)cc5C4(C)C)c(=O)oc3c2)cc1. The van der Waals surface area contributed by atoms with Crippen LogP contribution >= 0.6 is 0 Å². The zero-order valence-electron chi connectivity index (χ0n) is 74.4. The lowest BCUT2D eigenvalue weighted by molar-refractivity contribution is -0.432. The van der Waals surface area contributed by atoms with E-state index < -0.39 is 90.7 Å². The summed E-state index contributed by atoms with van der Waals surface area (Å²) in [7, 11) is -8.93. The number of unbranched alkanes of at least 4 members (excludes halogenated alkanes) is 20. The molecule has 688 valence electrons. The van der Waals surface area contributed by atoms with Crippen molar-refractivity contribution >= 4 is 112 Å². The molecule has 9 N–H and O–H groups in total. The summed E-state index contributed by atoms with van der Waals surface area (Å²) in [6.45, 7) is 11.5. The molecule has 1 unspecified atom stereocenters. The molecule has 2 aliphatic rings. The highest BCUT2D eigenvalue weighted by Gasteiger charge is 2.46. The van der Waals surface area contributed by atoms with Gasteiger partial charge in [-0.15, -0.1) is 0 Å². The predicted molar refractivity (Wildman–Crippen MR) is 490 cm³/mol. The highest BCUT2D eigenvalue weighted by molar-refractivity contribution is 7.86. The summed E-state index contributed by atoms with van der Waals surface area (Å²) in [5.74, 6) is -4.73. The molecule has 0 spiro atoms. The second-order valence-corrected chi connectivity index (χ2v) is 37.3. The van der Waals surface area contributed by atoms with E-state index in [1.54, 1.807) is 140 Å². The second kappa shape index (κ2) is 50.7. The number of hydrogen-bond acceptors (Lipinski definition) is 19. The number of rotatable bonds is 54. The van der Waals surface area contributed by atoms with Gasteiger partial charge in [0.25, 0.3) is 25.8 Å². The Hall–Kier alpha value is -10.7. The molecule has 5 amide bonds. The minimum absolute atomic E-state index is 0.0245. The topological polar surface area (TPSA) is 439 Å². The van der Waals surface area contributed by atoms with Crippen LogP contribution in [0.4, 0.5) is 10.5 Å². The standard InChI is InChI=1S/C53H67N3O13S2.C44H61N5O7/c1-5-6-7-8-9-10-11-12-13-14-15-16-42(57)31-41(32-50(54)59)51(60)55-36(2)47(58)29-37-17-19-38(20-18-37)35-68-43-23-21-39-30-40(52(61)69-48(39)33-43)22-26-49-53(3,4)45-34-44(71(65,66)67)24-25-46(45)56(49)27-28-70(62,63)64;1-3-4-5-6-7-8-9-10-11-12-13-21-34(50)29-32(30-40(45)52)42(53)46-31(2)38(51)27-26-33-20-18-19-28-49(33)44(55)56-39-25-17-15-23-36(39)41-47-37-24-16-14-22-35(37)43(54)48-41/h17-26,30,33-34,36,41H,5-16,27-29,31-32,35H2,1-4H3,(H4-,54,55,59,60,62,63,64,65,66,67);14-17,22-25,31-33H,3-13,18-21,26-30H2,1-2H3,(H2,45,52)(H,46,53)(H,47,48,54)/p+1/b26-22+;/t36-,41+;31-,32+,33?/m00/s1. The molecule has 9 rings (SSSR count). The maximum atomic E-state index is 13.6. The maximum Gasteiger partial charge on any atom is 0.415 e. The Morgan fingerprint density at radius 1 is 0.630 bits per heavy atom. The normalized spacial score (nSPS) is 14.8. The number of amides is 5. The predicted octanol–water partition coefficient (Wildman–Crippen LogP) is 16.3. The van der Waals surface area contributed by atoms with Crippen LogP contribution in [0.3, 0.4) is 0 Å². The van der Waals surface area contributed by atoms with Crippen LogP contribution in [0.1, 0.15) is 276 Å². The molecular formula is C97H129N8O20S2+. The Kier molecular flexibility index (Phi) is 40.6. The number of ketones is 4. The van der Waals surface area contributed by atoms with Crippen molar-refractivity contribution in [1.29, 1.82) is 0 Å². The van der Waals surface area contributed by atoms with Gasteiger partial charge in [0.05, 0.1) is 56.3 Å². The smallest absolute Gasteiger partial charge is 0.415 e. The number of Topliss-reactive ketones (excluding diaryl/α,β-unsaturated/α-hetero) is 4. The first-order chi connectivity index (χ1) is 60.6. The largest absolute Gasteiger partial charge is 0.489 e. The number of likely N-dealkylation sites (tertiary alicyclic amines) is 1. The number of fused-ring (bicyclic) bond motifs is 3. The lowest BCUT2D eigenvalue weighted by Gasteiger charge is -2.35. The van der Waals surface area contributed by atoms with E-state index in [9.17, 15) is 78.7 Å². The van der Waals surface area contributed by atoms with Crippen LogP contribution in [0.15, 0.2) is 140 Å². The number of allylic oxidation sites excluding steroid dienone is 1. The van der Waals surface area contributed by atoms with Gasteiger partial charge < -0.3 is 45.9 Å². The summed E-state index contributed by atoms with van der Waals surface area (Å²) in [5.41, 5.74) is 13.3. The van der Waals surface area contributed by atoms with Gasteiger partial charge in [-0.05, 0) is 138 Å². The number of carbonyl (C=O) groups is 9. The number of ether oxygens (including phenoxy) is 2. The van der Waals surface area contributed by atoms with Crippen LogP contribution in [0, 0.1) is 11.8 Å². The van der Waals surface area contributed by atoms with Crippen LogP contribution in [-0.4, -0.2) is 141 Å². The minimum atomic E-state index is -4.55. The van der Waals surface area contributed by atoms with Crippen molar-refractivity contribution < 1.29 is 87.6 Å². The Morgan fingerprint density at radius 3 is 1.74 bits per heavy atom. The van der Waals surface area contributed by atoms with Crippen LogP contribution in [0.5, 0.6) is 11.5 Å². The number of primary amides is 2. The lowest BCUT2D eigenvalue weighted by Crippen LogP contribution is -2.46. The molecule has 5 aromatic carbocycles. The summed E-state index contributed by atoms with van der Waals surface area (Å²) in [4.78, 5) is 150. The molecule has 0 bridgehead atoms. The minimum Gasteiger partial charge on any atom is -0.489 e. The zero-order valence-corrected chi connectivity index (χ0v) is 76.1. The van der Waals surface area contributed by atoms with Crippen molar-refractivity contribution in [1.82, 2.24) is 25.5 Å². The first-order valence-corrected chi connectivity index (χ1v) is 48.2. The van der Waals surface area contributed by atoms with Gasteiger partial charge in [0, 0.05) is 93.1 Å². The number of carbonyl (C=O) groups excluding carboxylic acids is 9. The number of hydrogen-bond donors (Lipinski definition) is 7. The summed E-state index contributed by atoms with van der Waals surface area (Å²) in [6, 6.07) is 29.6. The molecule has 127 heavy (non-hydrogen) atoms. The summed E-state index contributed by atoms with van der Waals surface area (Å²) >= 11 is 0. The summed E-state index contributed by atoms with van der Waals surface area (Å²) < 4.78 is 85.7. The van der Waals surface area contributed by atoms with Gasteiger partial charge in [-0.3, -0.25) is 52.3 Å². The van der Waals surface area contributed by atoms with E-state index in [4.69, 9.17) is 25.4 Å². The van der Waals surface area contributed by atoms with Crippen LogP contribution in [0.25, 0.3) is 39.3 Å². The molecule has 7 aromatic rings. The lowest BCUT2D eigenvalue weighted by atomic mass is 9.81. The van der Waals surface area contributed by atoms with Crippen LogP contribution in [-0.2, 0) is 77.0 Å². The third kappa shape index (κ3) is 33.2. The highest BCUT2D eigenvalue weighted by Crippen LogP contribution is 2.42. The molecule has 0 saturated carbocycles. The van der Waals surface area contributed by atoms with E-state index in [0.29, 0.717) is 82.4 Å². The van der Waals surface area contributed by atoms with Crippen LogP contribution in [0.2, 0.25) is 0 Å². The van der Waals surface area contributed by atoms with Crippen LogP contribution < -0.4 is 42.8 Å². The van der Waals surface area contributed by atoms with Gasteiger partial charge in [0.1, 0.15) is 46.8 Å². The Balaban J connectivity index is 0.000000323. The van der Waals surface area contributed by atoms with Crippen molar-refractivity contribution in [3.8, 4) is 22.9 Å². The number of piperidine rings is 1. The van der Waals surface area contributed by atoms with Crippen molar-refractivity contribution in [2.75, 3.05) is 18.8 Å². The molecule has 5 atom stereocenters. The van der Waals surface area contributed by atoms with E-state index in [2.05, 4.69) is 34.4 Å². The number of benzene rings is 5. The molecule has 0 aliphatic carbocycles. The van der Waals surface area contributed by atoms with Crippen molar-refractivity contribution in [2.24, 2.45) is 23.3 Å². The van der Waals surface area contributed by atoms with Gasteiger partial charge >= 0.3 is 11.7 Å². The van der Waals surface area contributed by atoms with E-state index in [1.807, 2.05) is 0 Å². The van der Waals surface area contributed by atoms with Gasteiger partial charge in [0.15, 0.2) is 23.8 Å². The van der Waals surface area contributed by atoms with Crippen molar-refractivity contribution in [3.63, 3.8) is 0 Å². The van der Waals surface area contributed by atoms with E-state index >= 15 is 0 Å². The van der Waals surface area contributed by atoms with Gasteiger partial charge in [-0.2, -0.15) is 21.4 Å². The second-order valence-electron chi connectivity index (χ2n) is 34.3. The fourth-order valence-electron chi connectivity index (χ4n) is 16.3. The molecule has 4 heterocycles. The number of H-pyrrole nitrogens is 1. The first kappa shape index (κ1) is 102. The molecule has 2 aliphatic heterocycles. The van der Waals surface area contributed by atoms with E-state index in [1.165, 1.54) is 114 Å². The molecular weight excluding hydrogens is 1660 g/mol. The number of nitrogens with one attached hydrogen (secondary N) is 3. The monoisotopic (exact) mass is 1790 g/mol. The molecule has 0 radical (unpaired) electrons. The molecule has 30 heteroatoms. The number of aromatic nitrogens is 2. The van der Waals surface area contributed by atoms with Gasteiger partial charge in [-0.1, -0.05) is 191 Å². The Labute approximate surface area is 745 Å². The number of para-hydroxylation sites is 2. The zero-order chi connectivity index (χ0) is 92.2. The van der Waals surface area contributed by atoms with E-state index in [0.717, 1.165) is 69.8 Å². The van der Waals surface area contributed by atoms with Gasteiger partial charge in [0.2, 0.25) is 29.3 Å². The highest BCUT2D eigenvalue weighted by atomic mass is 32.2. The quantitative estimate of drug-likeness (QED) is 0.00805. The van der Waals surface area contributed by atoms with Gasteiger partial charge in [-0.25, -0.2) is 14.6 Å². The summed E-state index contributed by atoms with van der Waals surface area (Å²) in [5, 5.41) is 6.42. The number of nitrogens with zero attached hydrogens (tertiary/aromatic N) is 3. The molecule has 28 nitrogen and oxygen atoms in total.